The zero-order valence-electron chi connectivity index (χ0n) is 39.3. The Balaban J connectivity index is 1.10. The van der Waals surface area contributed by atoms with E-state index in [0.717, 1.165) is 5.57 Å². The molecule has 24 atom stereocenters. The Kier molecular flexibility index (Phi) is 14.1. The molecule has 3 heterocycles. The molecule has 13 N–H and O–H groups in total. The second-order valence-corrected chi connectivity index (χ2v) is 23.0. The van der Waals surface area contributed by atoms with Crippen molar-refractivity contribution in [1.29, 1.82) is 0 Å². The maximum atomic E-state index is 15.1. The van der Waals surface area contributed by atoms with Crippen LogP contribution in [-0.2, 0) is 33.2 Å². The van der Waals surface area contributed by atoms with E-state index in [-0.39, 0.29) is 30.6 Å². The minimum atomic E-state index is -1.78. The lowest BCUT2D eigenvalue weighted by Crippen LogP contribution is -2.71. The highest BCUT2D eigenvalue weighted by Crippen LogP contribution is 2.76. The maximum Gasteiger partial charge on any atom is 0.317 e. The molecule has 3 saturated heterocycles. The van der Waals surface area contributed by atoms with Gasteiger partial charge in [0.05, 0.1) is 50.8 Å². The Labute approximate surface area is 390 Å². The topological polar surface area (TPSA) is 335 Å². The first-order valence-corrected chi connectivity index (χ1v) is 24.1. The molecular formula is C47H76O20. The molecule has 67 heavy (non-hydrogen) atoms. The first-order valence-electron chi connectivity index (χ1n) is 24.1. The summed E-state index contributed by atoms with van der Waals surface area (Å²) < 4.78 is 35.4. The molecule has 5 aliphatic carbocycles. The molecule has 20 nitrogen and oxygen atoms in total. The zero-order valence-corrected chi connectivity index (χ0v) is 39.3. The molecule has 0 bridgehead atoms. The standard InChI is InChI=1S/C47H76O20/c1-20-29(54)32(57)34(59)38(63-20)65-36-30(55)24(52)17-62-40(36)67-41(61)47-12-11-42(2,3)13-22(47)21-7-8-26-43(4)14-23(51)37(66-39-35(60)33(58)31(56)25(16-48)64-39)46(18-49,19-50)27(43)9-10-44(26,5)45(21,6)15-28(47)53/h7,20,22-40,48-60H,8-19H2,1-6H3/t20-,22-,23-,24-,25+,26+,27-,28-,29-,30-,31+,32+,33-,34+,35+,36+,37-,38-,39-,40-,43+,44+,45+,47+/m0/s1. The number of aliphatic hydroxyl groups excluding tert-OH is 13. The van der Waals surface area contributed by atoms with E-state index in [9.17, 15) is 66.4 Å². The van der Waals surface area contributed by atoms with E-state index in [1.54, 1.807) is 0 Å². The van der Waals surface area contributed by atoms with Gasteiger partial charge in [-0.3, -0.25) is 4.79 Å². The summed E-state index contributed by atoms with van der Waals surface area (Å²) in [6, 6.07) is 0. The summed E-state index contributed by atoms with van der Waals surface area (Å²) in [5.74, 6) is -1.99. The number of fused-ring (bicyclic) bond motifs is 7. The quantitative estimate of drug-likeness (QED) is 0.0656. The smallest absolute Gasteiger partial charge is 0.317 e. The first-order chi connectivity index (χ1) is 31.3. The lowest BCUT2D eigenvalue weighted by Gasteiger charge is -2.72. The highest BCUT2D eigenvalue weighted by atomic mass is 16.8. The van der Waals surface area contributed by atoms with Crippen molar-refractivity contribution in [3.8, 4) is 0 Å². The van der Waals surface area contributed by atoms with Gasteiger partial charge in [0.25, 0.3) is 0 Å². The summed E-state index contributed by atoms with van der Waals surface area (Å²) in [5.41, 5.74) is -4.33. The van der Waals surface area contributed by atoms with Crippen LogP contribution >= 0.6 is 0 Å². The van der Waals surface area contributed by atoms with Crippen LogP contribution in [0.3, 0.4) is 0 Å². The van der Waals surface area contributed by atoms with Gasteiger partial charge in [0, 0.05) is 5.41 Å². The fourth-order valence-electron chi connectivity index (χ4n) is 15.0. The number of carbonyl (C=O) groups excluding carboxylic acids is 1. The summed E-state index contributed by atoms with van der Waals surface area (Å²) in [6.45, 7) is 9.66. The molecule has 20 heteroatoms. The van der Waals surface area contributed by atoms with Gasteiger partial charge in [0.1, 0.15) is 60.4 Å². The van der Waals surface area contributed by atoms with Crippen LogP contribution in [0.2, 0.25) is 0 Å². The summed E-state index contributed by atoms with van der Waals surface area (Å²) in [7, 11) is 0. The molecule has 0 aromatic heterocycles. The summed E-state index contributed by atoms with van der Waals surface area (Å²) in [6.07, 6.45) is -20.7. The van der Waals surface area contributed by atoms with Crippen LogP contribution < -0.4 is 0 Å². The third-order valence-corrected chi connectivity index (χ3v) is 19.1. The maximum absolute atomic E-state index is 15.1. The van der Waals surface area contributed by atoms with E-state index in [4.69, 9.17) is 28.4 Å². The van der Waals surface area contributed by atoms with Crippen LogP contribution in [0.1, 0.15) is 92.9 Å². The van der Waals surface area contributed by atoms with Gasteiger partial charge < -0.3 is 94.8 Å². The number of allylic oxidation sites excluding steroid dienone is 2. The molecule has 0 unspecified atom stereocenters. The number of ether oxygens (including phenoxy) is 6. The van der Waals surface area contributed by atoms with Crippen molar-refractivity contribution < 1.29 is 99.6 Å². The molecule has 8 rings (SSSR count). The second kappa shape index (κ2) is 18.2. The van der Waals surface area contributed by atoms with Crippen molar-refractivity contribution in [2.24, 2.45) is 50.2 Å². The van der Waals surface area contributed by atoms with Gasteiger partial charge in [-0.25, -0.2) is 0 Å². The van der Waals surface area contributed by atoms with Gasteiger partial charge in [-0.1, -0.05) is 46.3 Å². The Morgan fingerprint density at radius 1 is 0.701 bits per heavy atom. The normalized spacial score (nSPS) is 53.8. The van der Waals surface area contributed by atoms with Crippen molar-refractivity contribution in [3.05, 3.63) is 11.6 Å². The van der Waals surface area contributed by atoms with Crippen LogP contribution in [0.4, 0.5) is 0 Å². The van der Waals surface area contributed by atoms with Crippen LogP contribution in [0.5, 0.6) is 0 Å². The van der Waals surface area contributed by atoms with E-state index >= 15 is 4.79 Å². The zero-order chi connectivity index (χ0) is 49.1. The summed E-state index contributed by atoms with van der Waals surface area (Å²) in [4.78, 5) is 15.1. The summed E-state index contributed by atoms with van der Waals surface area (Å²) >= 11 is 0. The van der Waals surface area contributed by atoms with Crippen LogP contribution in [-0.4, -0.2) is 203 Å². The van der Waals surface area contributed by atoms with Crippen LogP contribution in [0.25, 0.3) is 0 Å². The van der Waals surface area contributed by atoms with Crippen molar-refractivity contribution in [1.82, 2.24) is 0 Å². The van der Waals surface area contributed by atoms with Crippen molar-refractivity contribution in [3.63, 3.8) is 0 Å². The van der Waals surface area contributed by atoms with Crippen LogP contribution in [0, 0.1) is 50.2 Å². The average Bonchev–Trinajstić information content (AvgIpc) is 3.27. The fraction of sp³-hybridized carbons (Fsp3) is 0.936. The molecule has 0 aromatic carbocycles. The average molecular weight is 961 g/mol. The van der Waals surface area contributed by atoms with E-state index in [2.05, 4.69) is 40.7 Å². The Hall–Kier alpha value is -1.51. The largest absolute Gasteiger partial charge is 0.432 e. The summed E-state index contributed by atoms with van der Waals surface area (Å²) in [5, 5.41) is 142. The molecule has 4 saturated carbocycles. The highest BCUT2D eigenvalue weighted by Gasteiger charge is 2.73. The predicted molar refractivity (Wildman–Crippen MR) is 228 cm³/mol. The molecule has 0 aromatic rings. The van der Waals surface area contributed by atoms with Gasteiger partial charge in [0.15, 0.2) is 18.7 Å². The minimum absolute atomic E-state index is 0.141. The van der Waals surface area contributed by atoms with E-state index < -0.39 is 176 Å². The van der Waals surface area contributed by atoms with Gasteiger partial charge >= 0.3 is 5.97 Å². The molecule has 3 aliphatic heterocycles. The first kappa shape index (κ1) is 51.8. The Morgan fingerprint density at radius 2 is 1.34 bits per heavy atom. The number of esters is 1. The van der Waals surface area contributed by atoms with Gasteiger partial charge in [-0.2, -0.15) is 0 Å². The lowest BCUT2D eigenvalue weighted by molar-refractivity contribution is -0.351. The molecule has 8 aliphatic rings. The number of aliphatic hydroxyl groups is 13. The third kappa shape index (κ3) is 7.82. The van der Waals surface area contributed by atoms with E-state index in [1.165, 1.54) is 6.92 Å². The van der Waals surface area contributed by atoms with Crippen molar-refractivity contribution in [2.75, 3.05) is 26.4 Å². The molecule has 0 radical (unpaired) electrons. The monoisotopic (exact) mass is 960 g/mol. The van der Waals surface area contributed by atoms with Gasteiger partial charge in [-0.15, -0.1) is 0 Å². The molecule has 0 amide bonds. The number of hydrogen-bond acceptors (Lipinski definition) is 20. The SMILES string of the molecule is C[C@@H]1O[C@@H](O[C@H]2[C@H](OC(=O)[C@]34CCC(C)(C)C[C@H]3C3=CC[C@@H]5[C@@]6(C)C[C@H](O)[C@H](O[C@@H]7O[C@H](CO)[C@@H](O)[C@H](O)[C@H]7O)C(CO)(CO)[C@H]6CC[C@@]5(C)[C@]3(C)C[C@@H]4O)OC[C@H](O)[C@@H]2O)[C@H](O)[C@H](O)[C@H]1O. The van der Waals surface area contributed by atoms with Gasteiger partial charge in [-0.05, 0) is 97.7 Å². The lowest BCUT2D eigenvalue weighted by atomic mass is 9.33. The molecular weight excluding hydrogens is 884 g/mol. The van der Waals surface area contributed by atoms with Crippen LogP contribution in [0.15, 0.2) is 11.6 Å². The molecule has 0 spiro atoms. The number of hydrogen-bond donors (Lipinski definition) is 13. The fourth-order valence-corrected chi connectivity index (χ4v) is 15.0. The predicted octanol–water partition coefficient (Wildman–Crippen LogP) is -2.31. The number of rotatable bonds is 9. The van der Waals surface area contributed by atoms with Crippen molar-refractivity contribution >= 4 is 5.97 Å². The van der Waals surface area contributed by atoms with E-state index in [0.29, 0.717) is 32.1 Å². The molecule has 384 valence electrons. The minimum Gasteiger partial charge on any atom is -0.432 e. The van der Waals surface area contributed by atoms with Gasteiger partial charge in [0.2, 0.25) is 6.29 Å². The Morgan fingerprint density at radius 3 is 1.99 bits per heavy atom. The Bertz CT molecular complexity index is 1830. The third-order valence-electron chi connectivity index (χ3n) is 19.1. The second-order valence-electron chi connectivity index (χ2n) is 23.0. The highest BCUT2D eigenvalue weighted by molar-refractivity contribution is 5.80. The molecule has 7 fully saturated rings. The number of carbonyl (C=O) groups is 1. The van der Waals surface area contributed by atoms with Crippen molar-refractivity contribution in [2.45, 2.75) is 197 Å². The van der Waals surface area contributed by atoms with E-state index in [1.807, 2.05) is 0 Å².